The Bertz CT molecular complexity index is 863. The minimum atomic E-state index is -3.17. The molecule has 0 aliphatic carbocycles. The number of benzene rings is 2. The van der Waals surface area contributed by atoms with Crippen LogP contribution in [0.25, 0.3) is 0 Å². The van der Waals surface area contributed by atoms with E-state index < -0.39 is 9.84 Å². The molecule has 2 aromatic carbocycles. The Kier molecular flexibility index (Phi) is 3.97. The average molecular weight is 397 g/mol. The SMILES string of the molecule is O=S1(=O)C[C@@H]2[C@@H](C1)N(c1ccc(Cl)cc1)C(=S)N2c1ccc(F)cc1. The summed E-state index contributed by atoms with van der Waals surface area (Å²) in [6, 6.07) is 12.5. The summed E-state index contributed by atoms with van der Waals surface area (Å²) in [6.07, 6.45) is 0. The van der Waals surface area contributed by atoms with Crippen LogP contribution in [0.1, 0.15) is 0 Å². The van der Waals surface area contributed by atoms with Gasteiger partial charge in [0.2, 0.25) is 0 Å². The molecule has 0 unspecified atom stereocenters. The maximum atomic E-state index is 13.3. The molecule has 4 rings (SSSR count). The molecule has 8 heteroatoms. The molecule has 4 nitrogen and oxygen atoms in total. The first-order valence-electron chi connectivity index (χ1n) is 7.70. The molecule has 2 saturated heterocycles. The highest BCUT2D eigenvalue weighted by Crippen LogP contribution is 2.38. The van der Waals surface area contributed by atoms with Gasteiger partial charge in [-0.2, -0.15) is 0 Å². The van der Waals surface area contributed by atoms with E-state index in [4.69, 9.17) is 23.8 Å². The van der Waals surface area contributed by atoms with Gasteiger partial charge >= 0.3 is 0 Å². The molecule has 2 aromatic rings. The monoisotopic (exact) mass is 396 g/mol. The van der Waals surface area contributed by atoms with E-state index in [0.29, 0.717) is 15.8 Å². The van der Waals surface area contributed by atoms with Crippen LogP contribution in [0.4, 0.5) is 15.8 Å². The van der Waals surface area contributed by atoms with Crippen LogP contribution in [-0.2, 0) is 9.84 Å². The standard InChI is InChI=1S/C17H14ClFN2O2S2/c18-11-1-5-13(6-2-11)20-15-9-25(22,23)10-16(15)21(17(20)24)14-7-3-12(19)4-8-14/h1-8,15-16H,9-10H2/t15-,16-/m1/s1. The number of thiocarbonyl (C=S) groups is 1. The highest BCUT2D eigenvalue weighted by atomic mass is 35.5. The minimum Gasteiger partial charge on any atom is -0.312 e. The molecule has 2 aliphatic rings. The Morgan fingerprint density at radius 2 is 1.36 bits per heavy atom. The molecule has 0 aromatic heterocycles. The lowest BCUT2D eigenvalue weighted by molar-refractivity contribution is 0.601. The Balaban J connectivity index is 1.79. The van der Waals surface area contributed by atoms with Gasteiger partial charge in [-0.3, -0.25) is 0 Å². The summed E-state index contributed by atoms with van der Waals surface area (Å²) >= 11 is 11.6. The smallest absolute Gasteiger partial charge is 0.181 e. The van der Waals surface area contributed by atoms with Crippen LogP contribution in [0, 0.1) is 5.82 Å². The van der Waals surface area contributed by atoms with Crippen LogP contribution in [0.5, 0.6) is 0 Å². The van der Waals surface area contributed by atoms with Crippen molar-refractivity contribution >= 4 is 50.1 Å². The number of hydrogen-bond acceptors (Lipinski definition) is 3. The summed E-state index contributed by atoms with van der Waals surface area (Å²) in [5, 5.41) is 1.11. The predicted octanol–water partition coefficient (Wildman–Crippen LogP) is 3.26. The van der Waals surface area contributed by atoms with E-state index in [0.717, 1.165) is 5.69 Å². The van der Waals surface area contributed by atoms with Gasteiger partial charge in [-0.1, -0.05) is 11.6 Å². The lowest BCUT2D eigenvalue weighted by atomic mass is 10.1. The van der Waals surface area contributed by atoms with Crippen LogP contribution in [0.15, 0.2) is 48.5 Å². The van der Waals surface area contributed by atoms with Crippen LogP contribution in [-0.4, -0.2) is 37.1 Å². The quantitative estimate of drug-likeness (QED) is 0.729. The first-order chi connectivity index (χ1) is 11.9. The van der Waals surface area contributed by atoms with Crippen molar-refractivity contribution in [1.29, 1.82) is 0 Å². The molecule has 2 aliphatic heterocycles. The lowest BCUT2D eigenvalue weighted by Gasteiger charge is -2.25. The Hall–Kier alpha value is -1.70. The summed E-state index contributed by atoms with van der Waals surface area (Å²) in [4.78, 5) is 3.68. The highest BCUT2D eigenvalue weighted by Gasteiger charge is 2.52. The van der Waals surface area contributed by atoms with Crippen molar-refractivity contribution in [3.05, 3.63) is 59.4 Å². The molecule has 2 heterocycles. The maximum Gasteiger partial charge on any atom is 0.181 e. The fourth-order valence-electron chi connectivity index (χ4n) is 3.51. The van der Waals surface area contributed by atoms with Gasteiger partial charge in [0.15, 0.2) is 14.9 Å². The van der Waals surface area contributed by atoms with Gasteiger partial charge in [0.25, 0.3) is 0 Å². The normalized spacial score (nSPS) is 24.6. The molecule has 130 valence electrons. The van der Waals surface area contributed by atoms with Crippen LogP contribution in [0.3, 0.4) is 0 Å². The zero-order chi connectivity index (χ0) is 17.8. The van der Waals surface area contributed by atoms with Gasteiger partial charge in [-0.15, -0.1) is 0 Å². The van der Waals surface area contributed by atoms with Gasteiger partial charge in [-0.05, 0) is 60.7 Å². The molecule has 25 heavy (non-hydrogen) atoms. The lowest BCUT2D eigenvalue weighted by Crippen LogP contribution is -2.37. The molecule has 2 fully saturated rings. The molecule has 0 saturated carbocycles. The number of anilines is 2. The van der Waals surface area contributed by atoms with Gasteiger partial charge in [0.1, 0.15) is 5.82 Å². The maximum absolute atomic E-state index is 13.3. The summed E-state index contributed by atoms with van der Waals surface area (Å²) in [5.41, 5.74) is 1.49. The molecular weight excluding hydrogens is 383 g/mol. The molecule has 2 atom stereocenters. The van der Waals surface area contributed by atoms with Crippen LogP contribution < -0.4 is 9.80 Å². The number of nitrogens with zero attached hydrogens (tertiary/aromatic N) is 2. The Morgan fingerprint density at radius 1 is 0.920 bits per heavy atom. The highest BCUT2D eigenvalue weighted by molar-refractivity contribution is 7.91. The molecule has 0 N–H and O–H groups in total. The fraction of sp³-hybridized carbons (Fsp3) is 0.235. The van der Waals surface area contributed by atoms with E-state index in [2.05, 4.69) is 0 Å². The molecule has 0 spiro atoms. The number of rotatable bonds is 2. The second-order valence-electron chi connectivity index (χ2n) is 6.19. The van der Waals surface area contributed by atoms with Crippen molar-refractivity contribution in [2.45, 2.75) is 12.1 Å². The van der Waals surface area contributed by atoms with E-state index >= 15 is 0 Å². The zero-order valence-electron chi connectivity index (χ0n) is 13.0. The van der Waals surface area contributed by atoms with E-state index in [-0.39, 0.29) is 29.4 Å². The van der Waals surface area contributed by atoms with Crippen molar-refractivity contribution in [1.82, 2.24) is 0 Å². The zero-order valence-corrected chi connectivity index (χ0v) is 15.4. The molecule has 0 bridgehead atoms. The van der Waals surface area contributed by atoms with Crippen molar-refractivity contribution in [2.24, 2.45) is 0 Å². The van der Waals surface area contributed by atoms with E-state index in [1.54, 1.807) is 24.3 Å². The second kappa shape index (κ2) is 5.93. The molecular formula is C17H14ClFN2O2S2. The van der Waals surface area contributed by atoms with E-state index in [1.165, 1.54) is 12.1 Å². The summed E-state index contributed by atoms with van der Waals surface area (Å²) in [5.74, 6) is -0.281. The summed E-state index contributed by atoms with van der Waals surface area (Å²) in [6.45, 7) is 0. The second-order valence-corrected chi connectivity index (χ2v) is 9.14. The van der Waals surface area contributed by atoms with Gasteiger partial charge in [0.05, 0.1) is 23.6 Å². The Labute approximate surface area is 155 Å². The van der Waals surface area contributed by atoms with Gasteiger partial charge in [-0.25, -0.2) is 12.8 Å². The third kappa shape index (κ3) is 2.90. The number of hydrogen-bond donors (Lipinski definition) is 0. The number of fused-ring (bicyclic) bond motifs is 1. The van der Waals surface area contributed by atoms with Gasteiger partial charge in [0, 0.05) is 16.4 Å². The summed E-state index contributed by atoms with van der Waals surface area (Å²) < 4.78 is 37.7. The van der Waals surface area contributed by atoms with E-state index in [9.17, 15) is 12.8 Å². The number of halogens is 2. The first kappa shape index (κ1) is 16.8. The van der Waals surface area contributed by atoms with Crippen molar-refractivity contribution in [3.8, 4) is 0 Å². The minimum absolute atomic E-state index is 0.0271. The van der Waals surface area contributed by atoms with Gasteiger partial charge < -0.3 is 9.80 Å². The van der Waals surface area contributed by atoms with Crippen molar-refractivity contribution in [2.75, 3.05) is 21.3 Å². The van der Waals surface area contributed by atoms with Crippen LogP contribution in [0.2, 0.25) is 5.02 Å². The Morgan fingerprint density at radius 3 is 1.84 bits per heavy atom. The van der Waals surface area contributed by atoms with Crippen LogP contribution >= 0.6 is 23.8 Å². The molecule has 0 radical (unpaired) electrons. The predicted molar refractivity (Wildman–Crippen MR) is 102 cm³/mol. The third-order valence-electron chi connectivity index (χ3n) is 4.58. The number of sulfone groups is 1. The summed E-state index contributed by atoms with van der Waals surface area (Å²) in [7, 11) is -3.17. The molecule has 0 amide bonds. The largest absolute Gasteiger partial charge is 0.312 e. The fourth-order valence-corrected chi connectivity index (χ4v) is 6.04. The first-order valence-corrected chi connectivity index (χ1v) is 10.3. The van der Waals surface area contributed by atoms with E-state index in [1.807, 2.05) is 21.9 Å². The third-order valence-corrected chi connectivity index (χ3v) is 6.92. The topological polar surface area (TPSA) is 40.6 Å². The van der Waals surface area contributed by atoms with Crippen molar-refractivity contribution in [3.63, 3.8) is 0 Å². The average Bonchev–Trinajstić information content (AvgIpc) is 2.99. The van der Waals surface area contributed by atoms with Crippen molar-refractivity contribution < 1.29 is 12.8 Å².